The highest BCUT2D eigenvalue weighted by molar-refractivity contribution is 5.38. The molecule has 0 N–H and O–H groups in total. The zero-order valence-corrected chi connectivity index (χ0v) is 7.92. The summed E-state index contributed by atoms with van der Waals surface area (Å²) in [5, 5.41) is 8.71. The normalized spacial score (nSPS) is 9.27. The van der Waals surface area contributed by atoms with Gasteiger partial charge in [-0.1, -0.05) is 6.07 Å². The molecule has 3 nitrogen and oxygen atoms in total. The van der Waals surface area contributed by atoms with Crippen molar-refractivity contribution in [2.45, 2.75) is 0 Å². The molecule has 0 amide bonds. The Morgan fingerprint density at radius 2 is 1.87 bits per heavy atom. The van der Waals surface area contributed by atoms with E-state index in [0.29, 0.717) is 17.1 Å². The summed E-state index contributed by atoms with van der Waals surface area (Å²) in [6, 6.07) is 12.6. The van der Waals surface area contributed by atoms with Crippen LogP contribution >= 0.6 is 0 Å². The van der Waals surface area contributed by atoms with Crippen LogP contribution in [0.1, 0.15) is 5.56 Å². The molecule has 0 fully saturated rings. The minimum atomic E-state index is 0.585. The molecule has 0 aliphatic heterocycles. The zero-order chi connectivity index (χ0) is 10.5. The smallest absolute Gasteiger partial charge is 0.130 e. The maximum absolute atomic E-state index is 8.71. The van der Waals surface area contributed by atoms with Crippen LogP contribution in [0.3, 0.4) is 0 Å². The molecule has 0 saturated heterocycles. The first kappa shape index (κ1) is 9.22. The average Bonchev–Trinajstić information content (AvgIpc) is 2.31. The lowest BCUT2D eigenvalue weighted by molar-refractivity contribution is 0.482. The first-order valence-electron chi connectivity index (χ1n) is 4.46. The van der Waals surface area contributed by atoms with E-state index in [9.17, 15) is 0 Å². The van der Waals surface area contributed by atoms with Crippen molar-refractivity contribution in [1.82, 2.24) is 4.98 Å². The largest absolute Gasteiger partial charge is 0.457 e. The second-order valence-electron chi connectivity index (χ2n) is 2.92. The maximum Gasteiger partial charge on any atom is 0.130 e. The quantitative estimate of drug-likeness (QED) is 0.741. The van der Waals surface area contributed by atoms with Gasteiger partial charge in [-0.05, 0) is 30.3 Å². The Labute approximate surface area is 87.6 Å². The molecule has 1 aromatic heterocycles. The van der Waals surface area contributed by atoms with E-state index in [0.717, 1.165) is 0 Å². The lowest BCUT2D eigenvalue weighted by Gasteiger charge is -2.04. The molecule has 1 heterocycles. The van der Waals surface area contributed by atoms with Gasteiger partial charge in [0.05, 0.1) is 11.6 Å². The summed E-state index contributed by atoms with van der Waals surface area (Å²) in [6.45, 7) is 0. The summed E-state index contributed by atoms with van der Waals surface area (Å²) in [4.78, 5) is 3.89. The van der Waals surface area contributed by atoms with Gasteiger partial charge in [0.2, 0.25) is 0 Å². The summed E-state index contributed by atoms with van der Waals surface area (Å²) in [5.74, 6) is 1.36. The lowest BCUT2D eigenvalue weighted by atomic mass is 10.2. The number of aromatic nitrogens is 1. The van der Waals surface area contributed by atoms with Crippen molar-refractivity contribution >= 4 is 0 Å². The van der Waals surface area contributed by atoms with E-state index in [-0.39, 0.29) is 0 Å². The minimum absolute atomic E-state index is 0.585. The average molecular weight is 196 g/mol. The molecule has 0 radical (unpaired) electrons. The molecule has 0 saturated carbocycles. The van der Waals surface area contributed by atoms with Crippen LogP contribution in [0.2, 0.25) is 0 Å². The van der Waals surface area contributed by atoms with E-state index in [1.165, 1.54) is 0 Å². The number of nitrogens with zero attached hydrogens (tertiary/aromatic N) is 2. The van der Waals surface area contributed by atoms with Crippen molar-refractivity contribution in [3.05, 3.63) is 54.4 Å². The van der Waals surface area contributed by atoms with Crippen LogP contribution in [-0.2, 0) is 0 Å². The van der Waals surface area contributed by atoms with Crippen LogP contribution in [0.4, 0.5) is 0 Å². The van der Waals surface area contributed by atoms with E-state index in [4.69, 9.17) is 10.00 Å². The second-order valence-corrected chi connectivity index (χ2v) is 2.92. The van der Waals surface area contributed by atoms with Gasteiger partial charge in [0.15, 0.2) is 0 Å². The third-order valence-corrected chi connectivity index (χ3v) is 1.85. The maximum atomic E-state index is 8.71. The summed E-state index contributed by atoms with van der Waals surface area (Å²) < 4.78 is 5.53. The molecule has 0 aliphatic rings. The van der Waals surface area contributed by atoms with E-state index >= 15 is 0 Å². The Morgan fingerprint density at radius 1 is 1.07 bits per heavy atom. The standard InChI is InChI=1S/C12H8N2O/c13-9-10-2-1-3-12(8-10)15-11-4-6-14-7-5-11/h1-8H. The van der Waals surface area contributed by atoms with E-state index < -0.39 is 0 Å². The fourth-order valence-corrected chi connectivity index (χ4v) is 1.17. The minimum Gasteiger partial charge on any atom is -0.457 e. The molecule has 0 atom stereocenters. The highest BCUT2D eigenvalue weighted by Gasteiger charge is 1.97. The van der Waals surface area contributed by atoms with E-state index in [1.54, 1.807) is 48.8 Å². The van der Waals surface area contributed by atoms with Crippen molar-refractivity contribution in [3.63, 3.8) is 0 Å². The molecule has 2 aromatic rings. The second kappa shape index (κ2) is 4.25. The van der Waals surface area contributed by atoms with Gasteiger partial charge in [-0.25, -0.2) is 0 Å². The van der Waals surface area contributed by atoms with Crippen LogP contribution in [0, 0.1) is 11.3 Å². The number of nitriles is 1. The Balaban J connectivity index is 2.22. The first-order chi connectivity index (χ1) is 7.38. The molecule has 0 aliphatic carbocycles. The molecule has 0 bridgehead atoms. The van der Waals surface area contributed by atoms with Crippen molar-refractivity contribution in [2.24, 2.45) is 0 Å². The van der Waals surface area contributed by atoms with Crippen LogP contribution < -0.4 is 4.74 Å². The van der Waals surface area contributed by atoms with Gasteiger partial charge in [0, 0.05) is 12.4 Å². The molecule has 0 unspecified atom stereocenters. The predicted molar refractivity (Wildman–Crippen MR) is 55.5 cm³/mol. The molecule has 3 heteroatoms. The fourth-order valence-electron chi connectivity index (χ4n) is 1.17. The molecular formula is C12H8N2O. The van der Waals surface area contributed by atoms with Gasteiger partial charge >= 0.3 is 0 Å². The Morgan fingerprint density at radius 3 is 2.60 bits per heavy atom. The van der Waals surface area contributed by atoms with Crippen molar-refractivity contribution < 1.29 is 4.74 Å². The predicted octanol–water partition coefficient (Wildman–Crippen LogP) is 2.75. The summed E-state index contributed by atoms with van der Waals surface area (Å²) in [5.41, 5.74) is 0.585. The highest BCUT2D eigenvalue weighted by atomic mass is 16.5. The molecule has 72 valence electrons. The van der Waals surface area contributed by atoms with Crippen LogP contribution in [0.15, 0.2) is 48.8 Å². The van der Waals surface area contributed by atoms with Crippen LogP contribution in [0.5, 0.6) is 11.5 Å². The van der Waals surface area contributed by atoms with Crippen molar-refractivity contribution in [1.29, 1.82) is 5.26 Å². The van der Waals surface area contributed by atoms with E-state index in [2.05, 4.69) is 11.1 Å². The lowest BCUT2D eigenvalue weighted by Crippen LogP contribution is -1.84. The van der Waals surface area contributed by atoms with Gasteiger partial charge in [-0.15, -0.1) is 0 Å². The number of ether oxygens (including phenoxy) is 1. The Hall–Kier alpha value is -2.34. The van der Waals surface area contributed by atoms with Crippen molar-refractivity contribution in [2.75, 3.05) is 0 Å². The van der Waals surface area contributed by atoms with Crippen LogP contribution in [0.25, 0.3) is 0 Å². The monoisotopic (exact) mass is 196 g/mol. The Kier molecular flexibility index (Phi) is 2.61. The summed E-state index contributed by atoms with van der Waals surface area (Å²) >= 11 is 0. The van der Waals surface area contributed by atoms with Gasteiger partial charge in [-0.2, -0.15) is 5.26 Å². The SMILES string of the molecule is N#Cc1cccc(Oc2ccncc2)c1. The summed E-state index contributed by atoms with van der Waals surface area (Å²) in [6.07, 6.45) is 3.31. The molecule has 1 aromatic carbocycles. The third-order valence-electron chi connectivity index (χ3n) is 1.85. The number of hydrogen-bond acceptors (Lipinski definition) is 3. The number of hydrogen-bond donors (Lipinski definition) is 0. The topological polar surface area (TPSA) is 45.9 Å². The van der Waals surface area contributed by atoms with Gasteiger partial charge < -0.3 is 4.74 Å². The number of rotatable bonds is 2. The molecule has 0 spiro atoms. The van der Waals surface area contributed by atoms with Gasteiger partial charge in [0.1, 0.15) is 11.5 Å². The summed E-state index contributed by atoms with van der Waals surface area (Å²) in [7, 11) is 0. The van der Waals surface area contributed by atoms with Crippen LogP contribution in [-0.4, -0.2) is 4.98 Å². The van der Waals surface area contributed by atoms with Gasteiger partial charge in [0.25, 0.3) is 0 Å². The zero-order valence-electron chi connectivity index (χ0n) is 7.92. The molecular weight excluding hydrogens is 188 g/mol. The van der Waals surface area contributed by atoms with E-state index in [1.807, 2.05) is 0 Å². The van der Waals surface area contributed by atoms with Crippen molar-refractivity contribution in [3.8, 4) is 17.6 Å². The third kappa shape index (κ3) is 2.32. The van der Waals surface area contributed by atoms with Gasteiger partial charge in [-0.3, -0.25) is 4.98 Å². The number of pyridine rings is 1. The first-order valence-corrected chi connectivity index (χ1v) is 4.46. The fraction of sp³-hybridized carbons (Fsp3) is 0. The highest BCUT2D eigenvalue weighted by Crippen LogP contribution is 2.20. The number of benzene rings is 1. The molecule has 2 rings (SSSR count). The Bertz CT molecular complexity index is 488. The molecule has 15 heavy (non-hydrogen) atoms.